The second-order valence-electron chi connectivity index (χ2n) is 4.19. The van der Waals surface area contributed by atoms with Gasteiger partial charge in [-0.2, -0.15) is 0 Å². The Morgan fingerprint density at radius 2 is 1.78 bits per heavy atom. The topological polar surface area (TPSA) is 15.3 Å². The molecule has 2 nitrogen and oxygen atoms in total. The molecule has 0 aliphatic carbocycles. The average Bonchev–Trinajstić information content (AvgIpc) is 2.41. The predicted octanol–water partition coefficient (Wildman–Crippen LogP) is 3.04. The quantitative estimate of drug-likeness (QED) is 0.586. The molecule has 1 aromatic rings. The molecule has 0 saturated carbocycles. The van der Waals surface area contributed by atoms with Gasteiger partial charge >= 0.3 is 0 Å². The third-order valence-corrected chi connectivity index (χ3v) is 3.00. The van der Waals surface area contributed by atoms with E-state index in [-0.39, 0.29) is 0 Å². The highest BCUT2D eigenvalue weighted by atomic mass is 15.1. The first kappa shape index (κ1) is 14.6. The van der Waals surface area contributed by atoms with Gasteiger partial charge in [0.25, 0.3) is 0 Å². The SMILES string of the molecule is CC#CCCNCc1ccc(N(CC)CC)cc1. The molecule has 0 saturated heterocycles. The molecule has 0 atom stereocenters. The number of benzene rings is 1. The molecule has 0 amide bonds. The second kappa shape index (κ2) is 8.60. The standard InChI is InChI=1S/C16H24N2/c1-4-7-8-13-17-14-15-9-11-16(12-10-15)18(5-2)6-3/h9-12,17H,5-6,8,13-14H2,1-3H3. The number of rotatable bonds is 7. The van der Waals surface area contributed by atoms with Crippen molar-refractivity contribution in [3.63, 3.8) is 0 Å². The number of hydrogen-bond donors (Lipinski definition) is 1. The molecular weight excluding hydrogens is 220 g/mol. The molecule has 0 radical (unpaired) electrons. The average molecular weight is 244 g/mol. The van der Waals surface area contributed by atoms with E-state index < -0.39 is 0 Å². The lowest BCUT2D eigenvalue weighted by Crippen LogP contribution is -2.21. The summed E-state index contributed by atoms with van der Waals surface area (Å²) in [5.41, 5.74) is 2.64. The molecule has 1 aromatic carbocycles. The summed E-state index contributed by atoms with van der Waals surface area (Å²) in [6.07, 6.45) is 0.925. The van der Waals surface area contributed by atoms with Gasteiger partial charge in [0.1, 0.15) is 0 Å². The highest BCUT2D eigenvalue weighted by molar-refractivity contribution is 5.47. The molecule has 0 fully saturated rings. The molecule has 2 heteroatoms. The molecule has 0 spiro atoms. The van der Waals surface area contributed by atoms with Crippen LogP contribution in [0.25, 0.3) is 0 Å². The van der Waals surface area contributed by atoms with Crippen LogP contribution in [0.15, 0.2) is 24.3 Å². The Labute approximate surface area is 111 Å². The van der Waals surface area contributed by atoms with Crippen molar-refractivity contribution in [3.05, 3.63) is 29.8 Å². The smallest absolute Gasteiger partial charge is 0.0366 e. The summed E-state index contributed by atoms with van der Waals surface area (Å²) in [4.78, 5) is 2.36. The van der Waals surface area contributed by atoms with Gasteiger partial charge in [-0.15, -0.1) is 11.8 Å². The molecule has 1 rings (SSSR count). The van der Waals surface area contributed by atoms with E-state index in [0.717, 1.165) is 32.6 Å². The molecule has 0 aromatic heterocycles. The minimum atomic E-state index is 0.921. The molecule has 98 valence electrons. The van der Waals surface area contributed by atoms with Crippen molar-refractivity contribution >= 4 is 5.69 Å². The van der Waals surface area contributed by atoms with Gasteiger partial charge in [-0.25, -0.2) is 0 Å². The van der Waals surface area contributed by atoms with Crippen LogP contribution in [0, 0.1) is 11.8 Å². The summed E-state index contributed by atoms with van der Waals surface area (Å²) in [6.45, 7) is 10.3. The van der Waals surface area contributed by atoms with Crippen LogP contribution >= 0.6 is 0 Å². The fraction of sp³-hybridized carbons (Fsp3) is 0.500. The first-order valence-electron chi connectivity index (χ1n) is 6.76. The second-order valence-corrected chi connectivity index (χ2v) is 4.19. The van der Waals surface area contributed by atoms with E-state index in [4.69, 9.17) is 0 Å². The molecule has 0 unspecified atom stereocenters. The van der Waals surface area contributed by atoms with Gasteiger partial charge in [0, 0.05) is 38.3 Å². The Bertz CT molecular complexity index is 380. The van der Waals surface area contributed by atoms with E-state index in [0.29, 0.717) is 0 Å². The maximum absolute atomic E-state index is 3.40. The van der Waals surface area contributed by atoms with Crippen LogP contribution in [-0.2, 0) is 6.54 Å². The van der Waals surface area contributed by atoms with Crippen LogP contribution in [0.4, 0.5) is 5.69 Å². The molecule has 1 N–H and O–H groups in total. The van der Waals surface area contributed by atoms with Crippen molar-refractivity contribution in [1.82, 2.24) is 5.32 Å². The molecule has 0 aliphatic rings. The zero-order valence-corrected chi connectivity index (χ0v) is 11.8. The maximum atomic E-state index is 3.40. The van der Waals surface area contributed by atoms with E-state index in [2.05, 4.69) is 60.2 Å². The normalized spacial score (nSPS) is 9.72. The number of nitrogens with one attached hydrogen (secondary N) is 1. The van der Waals surface area contributed by atoms with Crippen molar-refractivity contribution < 1.29 is 0 Å². The van der Waals surface area contributed by atoms with Crippen LogP contribution in [0.3, 0.4) is 0 Å². The predicted molar refractivity (Wildman–Crippen MR) is 79.8 cm³/mol. The van der Waals surface area contributed by atoms with Gasteiger partial charge in [-0.3, -0.25) is 0 Å². The Morgan fingerprint density at radius 3 is 2.33 bits per heavy atom. The Balaban J connectivity index is 2.41. The first-order valence-corrected chi connectivity index (χ1v) is 6.76. The van der Waals surface area contributed by atoms with E-state index >= 15 is 0 Å². The van der Waals surface area contributed by atoms with Gasteiger partial charge in [0.15, 0.2) is 0 Å². The number of hydrogen-bond acceptors (Lipinski definition) is 2. The van der Waals surface area contributed by atoms with Gasteiger partial charge in [0.05, 0.1) is 0 Å². The van der Waals surface area contributed by atoms with Crippen molar-refractivity contribution in [2.45, 2.75) is 33.7 Å². The van der Waals surface area contributed by atoms with Gasteiger partial charge < -0.3 is 10.2 Å². The summed E-state index contributed by atoms with van der Waals surface area (Å²) in [5, 5.41) is 3.40. The fourth-order valence-electron chi connectivity index (χ4n) is 1.92. The monoisotopic (exact) mass is 244 g/mol. The summed E-state index contributed by atoms with van der Waals surface area (Å²) in [7, 11) is 0. The van der Waals surface area contributed by atoms with Crippen molar-refractivity contribution in [2.24, 2.45) is 0 Å². The van der Waals surface area contributed by atoms with E-state index in [1.165, 1.54) is 11.3 Å². The summed E-state index contributed by atoms with van der Waals surface area (Å²) >= 11 is 0. The summed E-state index contributed by atoms with van der Waals surface area (Å²) in [5.74, 6) is 5.96. The fourth-order valence-corrected chi connectivity index (χ4v) is 1.92. The minimum absolute atomic E-state index is 0.921. The summed E-state index contributed by atoms with van der Waals surface area (Å²) < 4.78 is 0. The molecule has 0 aliphatic heterocycles. The van der Waals surface area contributed by atoms with Crippen LogP contribution < -0.4 is 10.2 Å². The van der Waals surface area contributed by atoms with E-state index in [9.17, 15) is 0 Å². The van der Waals surface area contributed by atoms with Crippen molar-refractivity contribution in [3.8, 4) is 11.8 Å². The minimum Gasteiger partial charge on any atom is -0.372 e. The van der Waals surface area contributed by atoms with Crippen molar-refractivity contribution in [2.75, 3.05) is 24.5 Å². The van der Waals surface area contributed by atoms with E-state index in [1.807, 2.05) is 6.92 Å². The Kier molecular flexibility index (Phi) is 6.98. The van der Waals surface area contributed by atoms with Gasteiger partial charge in [0.2, 0.25) is 0 Å². The third-order valence-electron chi connectivity index (χ3n) is 3.00. The Hall–Kier alpha value is -1.46. The lowest BCUT2D eigenvalue weighted by Gasteiger charge is -2.21. The third kappa shape index (κ3) is 4.81. The lowest BCUT2D eigenvalue weighted by atomic mass is 10.2. The summed E-state index contributed by atoms with van der Waals surface area (Å²) in [6, 6.07) is 8.81. The van der Waals surface area contributed by atoms with Crippen LogP contribution in [0.5, 0.6) is 0 Å². The van der Waals surface area contributed by atoms with Gasteiger partial charge in [-0.05, 0) is 38.5 Å². The van der Waals surface area contributed by atoms with E-state index in [1.54, 1.807) is 0 Å². The molecule has 0 bridgehead atoms. The first-order chi connectivity index (χ1) is 8.81. The molecular formula is C16H24N2. The molecule has 0 heterocycles. The number of nitrogens with zero attached hydrogens (tertiary/aromatic N) is 1. The van der Waals surface area contributed by atoms with Crippen molar-refractivity contribution in [1.29, 1.82) is 0 Å². The molecule has 18 heavy (non-hydrogen) atoms. The Morgan fingerprint density at radius 1 is 1.11 bits per heavy atom. The zero-order valence-electron chi connectivity index (χ0n) is 11.8. The highest BCUT2D eigenvalue weighted by Crippen LogP contribution is 2.14. The van der Waals surface area contributed by atoms with Crippen LogP contribution in [-0.4, -0.2) is 19.6 Å². The number of anilines is 1. The lowest BCUT2D eigenvalue weighted by molar-refractivity contribution is 0.701. The largest absolute Gasteiger partial charge is 0.372 e. The van der Waals surface area contributed by atoms with Crippen LogP contribution in [0.1, 0.15) is 32.8 Å². The highest BCUT2D eigenvalue weighted by Gasteiger charge is 2.00. The van der Waals surface area contributed by atoms with Crippen LogP contribution in [0.2, 0.25) is 0 Å². The zero-order chi connectivity index (χ0) is 13.2. The van der Waals surface area contributed by atoms with Gasteiger partial charge in [-0.1, -0.05) is 12.1 Å². The maximum Gasteiger partial charge on any atom is 0.0366 e.